The minimum Gasteiger partial charge on any atom is -0.370 e. The van der Waals surface area contributed by atoms with Gasteiger partial charge in [-0.3, -0.25) is 0 Å². The van der Waals surface area contributed by atoms with Crippen LogP contribution in [-0.2, 0) is 19.4 Å². The molecule has 0 saturated heterocycles. The van der Waals surface area contributed by atoms with E-state index in [0.717, 1.165) is 55.0 Å². The Balaban J connectivity index is 1.44. The minimum absolute atomic E-state index is 0.776. The summed E-state index contributed by atoms with van der Waals surface area (Å²) in [5.74, 6) is 2.65. The molecule has 0 aliphatic carbocycles. The molecule has 0 amide bonds. The summed E-state index contributed by atoms with van der Waals surface area (Å²) in [5, 5.41) is 4.21. The largest absolute Gasteiger partial charge is 0.370 e. The lowest BCUT2D eigenvalue weighted by molar-refractivity contribution is 0.717. The topological polar surface area (TPSA) is 41.1 Å². The first kappa shape index (κ1) is 17.8. The average molecular weight is 379 g/mol. The number of halogens is 1. The van der Waals surface area contributed by atoms with E-state index in [1.807, 2.05) is 25.1 Å². The van der Waals surface area contributed by atoms with Crippen molar-refractivity contribution in [2.45, 2.75) is 26.3 Å². The van der Waals surface area contributed by atoms with E-state index in [4.69, 9.17) is 11.6 Å². The highest BCUT2D eigenvalue weighted by Crippen LogP contribution is 2.24. The molecule has 2 heterocycles. The number of anilines is 2. The Morgan fingerprint density at radius 2 is 1.89 bits per heavy atom. The third-order valence-corrected chi connectivity index (χ3v) is 5.12. The third-order valence-electron chi connectivity index (χ3n) is 4.89. The second-order valence-electron chi connectivity index (χ2n) is 6.91. The zero-order valence-electron chi connectivity index (χ0n) is 15.5. The van der Waals surface area contributed by atoms with Crippen LogP contribution in [0.2, 0.25) is 5.02 Å². The van der Waals surface area contributed by atoms with Crippen molar-refractivity contribution in [1.82, 2.24) is 9.97 Å². The maximum Gasteiger partial charge on any atom is 0.134 e. The van der Waals surface area contributed by atoms with Gasteiger partial charge in [0, 0.05) is 30.7 Å². The number of aromatic nitrogens is 2. The highest BCUT2D eigenvalue weighted by molar-refractivity contribution is 6.30. The number of rotatable bonds is 5. The molecule has 1 aliphatic heterocycles. The number of benzene rings is 2. The van der Waals surface area contributed by atoms with Gasteiger partial charge in [0.05, 0.1) is 0 Å². The summed E-state index contributed by atoms with van der Waals surface area (Å²) in [6.07, 6.45) is 1.95. The van der Waals surface area contributed by atoms with Crippen molar-refractivity contribution >= 4 is 23.2 Å². The van der Waals surface area contributed by atoms with E-state index in [9.17, 15) is 0 Å². The Labute approximate surface area is 165 Å². The Kier molecular flexibility index (Phi) is 5.26. The Morgan fingerprint density at radius 1 is 1.04 bits per heavy atom. The Hall–Kier alpha value is -2.59. The number of hydrogen-bond donors (Lipinski definition) is 1. The standard InChI is InChI=1S/C22H23ClN4/c1-16-25-21(24-11-9-17-5-4-8-20(23)13-17)14-22(26-16)27-12-10-18-6-2-3-7-19(18)15-27/h2-8,13-14H,9-12,15H2,1H3,(H,24,25,26). The highest BCUT2D eigenvalue weighted by atomic mass is 35.5. The molecule has 4 nitrogen and oxygen atoms in total. The number of nitrogens with one attached hydrogen (secondary N) is 1. The van der Waals surface area contributed by atoms with E-state index < -0.39 is 0 Å². The molecule has 0 saturated carbocycles. The summed E-state index contributed by atoms with van der Waals surface area (Å²) >= 11 is 6.06. The molecule has 0 bridgehead atoms. The fourth-order valence-electron chi connectivity index (χ4n) is 3.52. The van der Waals surface area contributed by atoms with Gasteiger partial charge >= 0.3 is 0 Å². The van der Waals surface area contributed by atoms with Gasteiger partial charge in [0.25, 0.3) is 0 Å². The van der Waals surface area contributed by atoms with Crippen LogP contribution in [0.3, 0.4) is 0 Å². The molecule has 2 aromatic carbocycles. The molecular weight excluding hydrogens is 356 g/mol. The number of nitrogens with zero attached hydrogens (tertiary/aromatic N) is 3. The van der Waals surface area contributed by atoms with Crippen molar-refractivity contribution in [2.75, 3.05) is 23.3 Å². The van der Waals surface area contributed by atoms with E-state index in [0.29, 0.717) is 0 Å². The van der Waals surface area contributed by atoms with Crippen molar-refractivity contribution in [3.05, 3.63) is 82.1 Å². The van der Waals surface area contributed by atoms with E-state index in [-0.39, 0.29) is 0 Å². The zero-order chi connectivity index (χ0) is 18.6. The molecule has 3 aromatic rings. The minimum atomic E-state index is 0.776. The molecule has 138 valence electrons. The first-order chi connectivity index (χ1) is 13.2. The van der Waals surface area contributed by atoms with Crippen LogP contribution in [0.1, 0.15) is 22.5 Å². The van der Waals surface area contributed by atoms with E-state index >= 15 is 0 Å². The Bertz CT molecular complexity index is 941. The number of hydrogen-bond acceptors (Lipinski definition) is 4. The van der Waals surface area contributed by atoms with Crippen molar-refractivity contribution in [1.29, 1.82) is 0 Å². The van der Waals surface area contributed by atoms with Gasteiger partial charge in [0.1, 0.15) is 17.5 Å². The Morgan fingerprint density at radius 3 is 2.74 bits per heavy atom. The summed E-state index contributed by atoms with van der Waals surface area (Å²) in [7, 11) is 0. The zero-order valence-corrected chi connectivity index (χ0v) is 16.2. The molecule has 0 fully saturated rings. The summed E-state index contributed by atoms with van der Waals surface area (Å²) < 4.78 is 0. The van der Waals surface area contributed by atoms with Gasteiger partial charge < -0.3 is 10.2 Å². The first-order valence-corrected chi connectivity index (χ1v) is 9.71. The molecule has 1 aliphatic rings. The van der Waals surface area contributed by atoms with Crippen LogP contribution in [0.25, 0.3) is 0 Å². The lowest BCUT2D eigenvalue weighted by Gasteiger charge is -2.30. The molecular formula is C22H23ClN4. The molecule has 4 rings (SSSR count). The molecule has 5 heteroatoms. The molecule has 0 radical (unpaired) electrons. The van der Waals surface area contributed by atoms with Gasteiger partial charge in [-0.1, -0.05) is 48.0 Å². The van der Waals surface area contributed by atoms with Gasteiger partial charge in [-0.25, -0.2) is 9.97 Å². The smallest absolute Gasteiger partial charge is 0.134 e. The number of aryl methyl sites for hydroxylation is 1. The summed E-state index contributed by atoms with van der Waals surface area (Å²) in [6, 6.07) is 18.7. The van der Waals surface area contributed by atoms with Crippen molar-refractivity contribution in [3.8, 4) is 0 Å². The maximum absolute atomic E-state index is 6.06. The van der Waals surface area contributed by atoms with Crippen LogP contribution >= 0.6 is 11.6 Å². The van der Waals surface area contributed by atoms with E-state index in [1.165, 1.54) is 16.7 Å². The monoisotopic (exact) mass is 378 g/mol. The van der Waals surface area contributed by atoms with Crippen LogP contribution < -0.4 is 10.2 Å². The lowest BCUT2D eigenvalue weighted by Crippen LogP contribution is -2.31. The predicted octanol–water partition coefficient (Wildman–Crippen LogP) is 4.66. The third kappa shape index (κ3) is 4.40. The van der Waals surface area contributed by atoms with Gasteiger partial charge in [-0.15, -0.1) is 0 Å². The molecule has 0 spiro atoms. The molecule has 1 aromatic heterocycles. The molecule has 0 atom stereocenters. The molecule has 0 unspecified atom stereocenters. The fraction of sp³-hybridized carbons (Fsp3) is 0.273. The van der Waals surface area contributed by atoms with Crippen molar-refractivity contribution < 1.29 is 0 Å². The van der Waals surface area contributed by atoms with E-state index in [1.54, 1.807) is 0 Å². The van der Waals surface area contributed by atoms with Crippen molar-refractivity contribution in [3.63, 3.8) is 0 Å². The summed E-state index contributed by atoms with van der Waals surface area (Å²) in [4.78, 5) is 11.5. The van der Waals surface area contributed by atoms with Crippen molar-refractivity contribution in [2.24, 2.45) is 0 Å². The van der Waals surface area contributed by atoms with Gasteiger partial charge in [0.15, 0.2) is 0 Å². The number of fused-ring (bicyclic) bond motifs is 1. The van der Waals surface area contributed by atoms with Crippen LogP contribution in [0.5, 0.6) is 0 Å². The second kappa shape index (κ2) is 7.97. The van der Waals surface area contributed by atoms with Crippen LogP contribution in [0.4, 0.5) is 11.6 Å². The normalized spacial score (nSPS) is 13.3. The van der Waals surface area contributed by atoms with Gasteiger partial charge in [-0.05, 0) is 48.6 Å². The lowest BCUT2D eigenvalue weighted by atomic mass is 10.00. The second-order valence-corrected chi connectivity index (χ2v) is 7.34. The summed E-state index contributed by atoms with van der Waals surface area (Å²) in [5.41, 5.74) is 4.04. The molecule has 27 heavy (non-hydrogen) atoms. The molecule has 1 N–H and O–H groups in total. The fourth-order valence-corrected chi connectivity index (χ4v) is 3.74. The summed E-state index contributed by atoms with van der Waals surface area (Å²) in [6.45, 7) is 4.63. The predicted molar refractivity (Wildman–Crippen MR) is 112 cm³/mol. The SMILES string of the molecule is Cc1nc(NCCc2cccc(Cl)c2)cc(N2CCc3ccccc3C2)n1. The average Bonchev–Trinajstić information content (AvgIpc) is 2.67. The quantitative estimate of drug-likeness (QED) is 0.701. The van der Waals surface area contributed by atoms with Gasteiger partial charge in [0.2, 0.25) is 0 Å². The van der Waals surface area contributed by atoms with E-state index in [2.05, 4.69) is 56.6 Å². The van der Waals surface area contributed by atoms with Crippen LogP contribution in [-0.4, -0.2) is 23.1 Å². The van der Waals surface area contributed by atoms with Crippen LogP contribution in [0, 0.1) is 6.92 Å². The van der Waals surface area contributed by atoms with Gasteiger partial charge in [-0.2, -0.15) is 0 Å². The first-order valence-electron chi connectivity index (χ1n) is 9.33. The maximum atomic E-state index is 6.06. The highest BCUT2D eigenvalue weighted by Gasteiger charge is 2.18. The van der Waals surface area contributed by atoms with Crippen LogP contribution in [0.15, 0.2) is 54.6 Å².